The first-order valence-electron chi connectivity index (χ1n) is 7.67. The zero-order valence-electron chi connectivity index (χ0n) is 14.0. The Balaban J connectivity index is 1.76. The van der Waals surface area contributed by atoms with Gasteiger partial charge in [-0.1, -0.05) is 18.2 Å². The number of carbonyl (C=O) groups excluding carboxylic acids is 2. The minimum atomic E-state index is -0.738. The van der Waals surface area contributed by atoms with E-state index in [4.69, 9.17) is 9.47 Å². The lowest BCUT2D eigenvalue weighted by atomic mass is 10.2. The van der Waals surface area contributed by atoms with Crippen molar-refractivity contribution in [2.24, 2.45) is 0 Å². The van der Waals surface area contributed by atoms with Crippen LogP contribution in [-0.2, 0) is 20.9 Å². The van der Waals surface area contributed by atoms with E-state index in [-0.39, 0.29) is 18.1 Å². The van der Waals surface area contributed by atoms with Crippen LogP contribution in [0.2, 0.25) is 0 Å². The summed E-state index contributed by atoms with van der Waals surface area (Å²) in [4.78, 5) is 23.2. The van der Waals surface area contributed by atoms with Gasteiger partial charge in [-0.25, -0.2) is 13.6 Å². The topological polar surface area (TPSA) is 64.6 Å². The number of hydrogen-bond donors (Lipinski definition) is 1. The van der Waals surface area contributed by atoms with Crippen LogP contribution < -0.4 is 10.1 Å². The number of ether oxygens (including phenoxy) is 2. The average molecular weight is 361 g/mol. The molecule has 0 spiro atoms. The molecular weight excluding hydrogens is 344 g/mol. The lowest BCUT2D eigenvalue weighted by Gasteiger charge is -2.05. The fourth-order valence-electron chi connectivity index (χ4n) is 1.99. The summed E-state index contributed by atoms with van der Waals surface area (Å²) >= 11 is 0. The van der Waals surface area contributed by atoms with Gasteiger partial charge in [0, 0.05) is 12.6 Å². The summed E-state index contributed by atoms with van der Waals surface area (Å²) in [7, 11) is 1.35. The Kier molecular flexibility index (Phi) is 6.84. The number of amides is 1. The molecule has 0 aliphatic carbocycles. The second-order valence-corrected chi connectivity index (χ2v) is 5.24. The number of rotatable bonds is 7. The average Bonchev–Trinajstić information content (AvgIpc) is 2.64. The summed E-state index contributed by atoms with van der Waals surface area (Å²) in [5.41, 5.74) is 1.16. The molecule has 1 N–H and O–H groups in total. The highest BCUT2D eigenvalue weighted by molar-refractivity contribution is 5.89. The Bertz CT molecular complexity index is 804. The summed E-state index contributed by atoms with van der Waals surface area (Å²) in [5, 5.41) is 2.54. The number of halogens is 2. The largest absolute Gasteiger partial charge is 0.494 e. The molecule has 26 heavy (non-hydrogen) atoms. The minimum absolute atomic E-state index is 0.0996. The Morgan fingerprint density at radius 2 is 1.85 bits per heavy atom. The molecule has 0 bridgehead atoms. The Hall–Kier alpha value is -3.22. The summed E-state index contributed by atoms with van der Waals surface area (Å²) in [5.74, 6) is -2.05. The normalized spacial score (nSPS) is 10.6. The molecule has 0 unspecified atom stereocenters. The molecule has 5 nitrogen and oxygen atoms in total. The second kappa shape index (κ2) is 9.31. The predicted molar refractivity (Wildman–Crippen MR) is 91.2 cm³/mol. The van der Waals surface area contributed by atoms with E-state index in [2.05, 4.69) is 5.32 Å². The van der Waals surface area contributed by atoms with Crippen LogP contribution in [0.25, 0.3) is 6.08 Å². The molecule has 7 heteroatoms. The Morgan fingerprint density at radius 1 is 1.12 bits per heavy atom. The molecule has 0 heterocycles. The smallest absolute Gasteiger partial charge is 0.331 e. The molecule has 136 valence electrons. The maximum atomic E-state index is 13.5. The minimum Gasteiger partial charge on any atom is -0.494 e. The first-order chi connectivity index (χ1) is 12.5. The first-order valence-corrected chi connectivity index (χ1v) is 7.67. The second-order valence-electron chi connectivity index (χ2n) is 5.24. The van der Waals surface area contributed by atoms with Gasteiger partial charge in [-0.3, -0.25) is 4.79 Å². The molecule has 0 saturated carbocycles. The Morgan fingerprint density at radius 3 is 2.50 bits per heavy atom. The maximum absolute atomic E-state index is 13.5. The summed E-state index contributed by atoms with van der Waals surface area (Å²) in [6.45, 7) is -0.265. The van der Waals surface area contributed by atoms with Crippen molar-refractivity contribution >= 4 is 18.0 Å². The quantitative estimate of drug-likeness (QED) is 0.608. The van der Waals surface area contributed by atoms with Crippen molar-refractivity contribution in [1.82, 2.24) is 5.32 Å². The predicted octanol–water partition coefficient (Wildman–Crippen LogP) is 2.85. The molecule has 0 aliphatic rings. The van der Waals surface area contributed by atoms with Crippen molar-refractivity contribution in [2.75, 3.05) is 13.7 Å². The van der Waals surface area contributed by atoms with E-state index in [1.54, 1.807) is 18.2 Å². The highest BCUT2D eigenvalue weighted by Gasteiger charge is 2.06. The number of esters is 1. The lowest BCUT2D eigenvalue weighted by molar-refractivity contribution is -0.143. The highest BCUT2D eigenvalue weighted by Crippen LogP contribution is 2.18. The van der Waals surface area contributed by atoms with Crippen LogP contribution in [0.15, 0.2) is 48.5 Å². The fraction of sp³-hybridized carbons (Fsp3) is 0.158. The first kappa shape index (κ1) is 19.1. The van der Waals surface area contributed by atoms with E-state index in [1.807, 2.05) is 0 Å². The van der Waals surface area contributed by atoms with Crippen molar-refractivity contribution in [2.45, 2.75) is 6.54 Å². The van der Waals surface area contributed by atoms with Gasteiger partial charge in [0.1, 0.15) is 5.82 Å². The third kappa shape index (κ3) is 6.01. The molecule has 0 radical (unpaired) electrons. The molecular formula is C19H17F2NO4. The molecule has 0 fully saturated rings. The van der Waals surface area contributed by atoms with Gasteiger partial charge >= 0.3 is 5.97 Å². The van der Waals surface area contributed by atoms with Crippen LogP contribution in [0.4, 0.5) is 8.78 Å². The van der Waals surface area contributed by atoms with E-state index in [0.717, 1.165) is 6.08 Å². The zero-order chi connectivity index (χ0) is 18.9. The fourth-order valence-corrected chi connectivity index (χ4v) is 1.99. The molecule has 0 aromatic heterocycles. The summed E-state index contributed by atoms with van der Waals surface area (Å²) in [6.07, 6.45) is 2.45. The van der Waals surface area contributed by atoms with Crippen LogP contribution in [0.1, 0.15) is 11.1 Å². The van der Waals surface area contributed by atoms with Gasteiger partial charge < -0.3 is 14.8 Å². The zero-order valence-corrected chi connectivity index (χ0v) is 14.0. The molecule has 1 amide bonds. The van der Waals surface area contributed by atoms with E-state index in [9.17, 15) is 18.4 Å². The summed E-state index contributed by atoms with van der Waals surface area (Å²) < 4.78 is 35.9. The maximum Gasteiger partial charge on any atom is 0.331 e. The SMILES string of the molecule is COc1ccc(/C=C/C(=O)OCC(=O)NCc2ccc(F)cc2)cc1F. The van der Waals surface area contributed by atoms with E-state index in [0.29, 0.717) is 11.1 Å². The van der Waals surface area contributed by atoms with Crippen LogP contribution in [0.5, 0.6) is 5.75 Å². The lowest BCUT2D eigenvalue weighted by Crippen LogP contribution is -2.28. The van der Waals surface area contributed by atoms with Crippen molar-refractivity contribution in [1.29, 1.82) is 0 Å². The number of nitrogens with one attached hydrogen (secondary N) is 1. The van der Waals surface area contributed by atoms with Crippen LogP contribution >= 0.6 is 0 Å². The number of methoxy groups -OCH3 is 1. The number of carbonyl (C=O) groups is 2. The van der Waals surface area contributed by atoms with Gasteiger partial charge in [0.05, 0.1) is 7.11 Å². The molecule has 2 rings (SSSR count). The number of benzene rings is 2. The molecule has 2 aromatic carbocycles. The van der Waals surface area contributed by atoms with Gasteiger partial charge in [0.25, 0.3) is 5.91 Å². The van der Waals surface area contributed by atoms with Gasteiger partial charge in [0.2, 0.25) is 0 Å². The van der Waals surface area contributed by atoms with E-state index in [1.165, 1.54) is 37.5 Å². The number of hydrogen-bond acceptors (Lipinski definition) is 4. The van der Waals surface area contributed by atoms with Gasteiger partial charge in [-0.05, 0) is 41.5 Å². The third-order valence-corrected chi connectivity index (χ3v) is 3.34. The van der Waals surface area contributed by atoms with Gasteiger partial charge in [-0.2, -0.15) is 0 Å². The monoisotopic (exact) mass is 361 g/mol. The standard InChI is InChI=1S/C19H17F2NO4/c1-25-17-8-4-13(10-16(17)21)5-9-19(24)26-12-18(23)22-11-14-2-6-15(20)7-3-14/h2-10H,11-12H2,1H3,(H,22,23)/b9-5+. The molecule has 0 saturated heterocycles. The van der Waals surface area contributed by atoms with Crippen LogP contribution in [0, 0.1) is 11.6 Å². The van der Waals surface area contributed by atoms with Crippen molar-refractivity contribution in [3.05, 3.63) is 71.3 Å². The van der Waals surface area contributed by atoms with Crippen molar-refractivity contribution < 1.29 is 27.8 Å². The molecule has 0 aliphatic heterocycles. The van der Waals surface area contributed by atoms with Crippen LogP contribution in [-0.4, -0.2) is 25.6 Å². The van der Waals surface area contributed by atoms with E-state index < -0.39 is 24.3 Å². The molecule has 2 aromatic rings. The van der Waals surface area contributed by atoms with Crippen LogP contribution in [0.3, 0.4) is 0 Å². The summed E-state index contributed by atoms with van der Waals surface area (Å²) in [6, 6.07) is 9.86. The van der Waals surface area contributed by atoms with E-state index >= 15 is 0 Å². The third-order valence-electron chi connectivity index (χ3n) is 3.34. The Labute approximate surface area is 149 Å². The molecule has 0 atom stereocenters. The van der Waals surface area contributed by atoms with Crippen molar-refractivity contribution in [3.8, 4) is 5.75 Å². The van der Waals surface area contributed by atoms with Gasteiger partial charge in [-0.15, -0.1) is 0 Å². The van der Waals surface area contributed by atoms with Gasteiger partial charge in [0.15, 0.2) is 18.2 Å². The highest BCUT2D eigenvalue weighted by atomic mass is 19.1. The van der Waals surface area contributed by atoms with Crippen molar-refractivity contribution in [3.63, 3.8) is 0 Å².